The zero-order chi connectivity index (χ0) is 24.2. The summed E-state index contributed by atoms with van der Waals surface area (Å²) in [5, 5.41) is 6.67. The number of carbonyl (C=O) groups is 1. The van der Waals surface area contributed by atoms with E-state index in [1.54, 1.807) is 50.2 Å². The van der Waals surface area contributed by atoms with Gasteiger partial charge in [-0.1, -0.05) is 29.3 Å². The summed E-state index contributed by atoms with van der Waals surface area (Å²) in [7, 11) is 0. The van der Waals surface area contributed by atoms with Crippen LogP contribution in [0.15, 0.2) is 47.4 Å². The second kappa shape index (κ2) is 7.86. The molecule has 0 bridgehead atoms. The van der Waals surface area contributed by atoms with Crippen LogP contribution < -0.4 is 26.8 Å². The Morgan fingerprint density at radius 1 is 1.12 bits per heavy atom. The number of hydrogen-bond donors (Lipinski definition) is 3. The third kappa shape index (κ3) is 3.66. The monoisotopic (exact) mass is 497 g/mol. The summed E-state index contributed by atoms with van der Waals surface area (Å²) in [4.78, 5) is 37.6. The lowest BCUT2D eigenvalue weighted by atomic mass is 10.1. The number of aromatic nitrogens is 4. The van der Waals surface area contributed by atoms with Crippen LogP contribution in [0.2, 0.25) is 10.0 Å². The summed E-state index contributed by atoms with van der Waals surface area (Å²) in [5.41, 5.74) is 6.02. The van der Waals surface area contributed by atoms with Crippen molar-refractivity contribution in [3.63, 3.8) is 0 Å². The molecular formula is C22H17Cl2N7O3. The number of para-hydroxylation sites is 1. The Bertz CT molecular complexity index is 1530. The van der Waals surface area contributed by atoms with Gasteiger partial charge >= 0.3 is 5.69 Å². The molecule has 12 heteroatoms. The molecule has 2 aromatic carbocycles. The number of rotatable bonds is 3. The molecule has 34 heavy (non-hydrogen) atoms. The molecule has 4 N–H and O–H groups in total. The molecule has 0 fully saturated rings. The maximum absolute atomic E-state index is 12.8. The van der Waals surface area contributed by atoms with Gasteiger partial charge in [-0.3, -0.25) is 4.79 Å². The first-order chi connectivity index (χ1) is 16.1. The number of nitrogens with two attached hydrogens (primary N) is 1. The van der Waals surface area contributed by atoms with Gasteiger partial charge in [0.05, 0.1) is 26.8 Å². The van der Waals surface area contributed by atoms with Gasteiger partial charge in [0, 0.05) is 11.9 Å². The van der Waals surface area contributed by atoms with Crippen LogP contribution in [0.5, 0.6) is 5.75 Å². The van der Waals surface area contributed by atoms with Gasteiger partial charge in [-0.15, -0.1) is 0 Å². The Morgan fingerprint density at radius 3 is 2.59 bits per heavy atom. The minimum atomic E-state index is -0.962. The van der Waals surface area contributed by atoms with Crippen LogP contribution in [0.25, 0.3) is 16.7 Å². The van der Waals surface area contributed by atoms with Crippen molar-refractivity contribution in [3.8, 4) is 11.4 Å². The van der Waals surface area contributed by atoms with Crippen LogP contribution in [0.3, 0.4) is 0 Å². The van der Waals surface area contributed by atoms with Crippen molar-refractivity contribution in [2.45, 2.75) is 19.4 Å². The summed E-state index contributed by atoms with van der Waals surface area (Å²) in [5.74, 6) is 0.514. The van der Waals surface area contributed by atoms with Crippen molar-refractivity contribution in [2.75, 3.05) is 16.4 Å². The number of nitrogens with one attached hydrogen (secondary N) is 2. The van der Waals surface area contributed by atoms with E-state index in [0.29, 0.717) is 22.5 Å². The number of fused-ring (bicyclic) bond motifs is 2. The van der Waals surface area contributed by atoms with E-state index in [1.807, 2.05) is 0 Å². The topological polar surface area (TPSA) is 137 Å². The predicted octanol–water partition coefficient (Wildman–Crippen LogP) is 3.92. The summed E-state index contributed by atoms with van der Waals surface area (Å²) in [6, 6.07) is 10.0. The number of hydrogen-bond acceptors (Lipinski definition) is 8. The Morgan fingerprint density at radius 2 is 1.85 bits per heavy atom. The molecule has 5 rings (SSSR count). The molecule has 0 aliphatic carbocycles. The summed E-state index contributed by atoms with van der Waals surface area (Å²) < 4.78 is 6.86. The van der Waals surface area contributed by atoms with Crippen LogP contribution in [0, 0.1) is 0 Å². The average Bonchev–Trinajstić information content (AvgIpc) is 2.76. The van der Waals surface area contributed by atoms with E-state index in [0.717, 1.165) is 4.57 Å². The van der Waals surface area contributed by atoms with Gasteiger partial charge in [0.2, 0.25) is 5.95 Å². The zero-order valence-electron chi connectivity index (χ0n) is 17.9. The summed E-state index contributed by atoms with van der Waals surface area (Å²) in [6.07, 6.45) is 1.44. The number of carbonyl (C=O) groups excluding carboxylic acids is 1. The van der Waals surface area contributed by atoms with Crippen molar-refractivity contribution in [2.24, 2.45) is 0 Å². The van der Waals surface area contributed by atoms with Gasteiger partial charge in [-0.25, -0.2) is 14.3 Å². The van der Waals surface area contributed by atoms with E-state index in [4.69, 9.17) is 33.7 Å². The SMILES string of the molecule is CC1(C)Oc2ccc(Nc3ncc4c(N)n(-c5c(Cl)cccc5Cl)c(=O)nc4n3)cc2NC1=O. The zero-order valence-corrected chi connectivity index (χ0v) is 19.4. The lowest BCUT2D eigenvalue weighted by molar-refractivity contribution is -0.129. The molecule has 3 heterocycles. The third-order valence-corrected chi connectivity index (χ3v) is 5.85. The van der Waals surface area contributed by atoms with Crippen LogP contribution in [-0.2, 0) is 4.79 Å². The highest BCUT2D eigenvalue weighted by Crippen LogP contribution is 2.36. The summed E-state index contributed by atoms with van der Waals surface area (Å²) in [6.45, 7) is 3.37. The smallest absolute Gasteiger partial charge is 0.355 e. The highest BCUT2D eigenvalue weighted by molar-refractivity contribution is 6.37. The van der Waals surface area contributed by atoms with E-state index in [2.05, 4.69) is 25.6 Å². The third-order valence-electron chi connectivity index (χ3n) is 5.24. The quantitative estimate of drug-likeness (QED) is 0.387. The van der Waals surface area contributed by atoms with Crippen molar-refractivity contribution in [3.05, 3.63) is 63.1 Å². The van der Waals surface area contributed by atoms with Gasteiger partial charge in [0.1, 0.15) is 11.6 Å². The number of nitrogens with zero attached hydrogens (tertiary/aromatic N) is 4. The molecule has 0 unspecified atom stereocenters. The number of ether oxygens (including phenoxy) is 1. The molecule has 0 spiro atoms. The van der Waals surface area contributed by atoms with Crippen molar-refractivity contribution in [1.82, 2.24) is 19.5 Å². The van der Waals surface area contributed by atoms with E-state index < -0.39 is 11.3 Å². The molecule has 10 nitrogen and oxygen atoms in total. The fraction of sp³-hybridized carbons (Fsp3) is 0.136. The van der Waals surface area contributed by atoms with Crippen LogP contribution in [-0.4, -0.2) is 31.0 Å². The molecular weight excluding hydrogens is 481 g/mol. The second-order valence-electron chi connectivity index (χ2n) is 8.02. The number of benzene rings is 2. The van der Waals surface area contributed by atoms with Crippen LogP contribution in [0.1, 0.15) is 13.8 Å². The van der Waals surface area contributed by atoms with Gasteiger partial charge in [0.15, 0.2) is 11.2 Å². The van der Waals surface area contributed by atoms with Crippen molar-refractivity contribution in [1.29, 1.82) is 0 Å². The minimum Gasteiger partial charge on any atom is -0.476 e. The first-order valence-corrected chi connectivity index (χ1v) is 10.8. The standard InChI is InChI=1S/C22H17Cl2N7O3/c1-22(2)19(32)28-14-8-10(6-7-15(14)34-22)27-20-26-9-11-17(25)31(21(33)30-18(11)29-20)16-12(23)4-3-5-13(16)24/h3-9H,25H2,1-2H3,(H,28,32)(H,27,29,30,33). The van der Waals surface area contributed by atoms with E-state index in [-0.39, 0.29) is 39.1 Å². The first-order valence-electron chi connectivity index (χ1n) is 10.1. The second-order valence-corrected chi connectivity index (χ2v) is 8.83. The first kappa shape index (κ1) is 21.9. The number of halogens is 2. The average molecular weight is 498 g/mol. The molecule has 0 radical (unpaired) electrons. The van der Waals surface area contributed by atoms with Gasteiger partial charge < -0.3 is 21.1 Å². The predicted molar refractivity (Wildman–Crippen MR) is 130 cm³/mol. The van der Waals surface area contributed by atoms with Crippen LogP contribution >= 0.6 is 23.2 Å². The molecule has 1 aliphatic rings. The Hall–Kier alpha value is -3.89. The van der Waals surface area contributed by atoms with Crippen molar-refractivity contribution < 1.29 is 9.53 Å². The van der Waals surface area contributed by atoms with E-state index >= 15 is 0 Å². The lowest BCUT2D eigenvalue weighted by Crippen LogP contribution is -2.45. The fourth-order valence-corrected chi connectivity index (χ4v) is 4.07. The van der Waals surface area contributed by atoms with E-state index in [1.165, 1.54) is 6.20 Å². The Labute approximate surface area is 202 Å². The van der Waals surface area contributed by atoms with Crippen LogP contribution in [0.4, 0.5) is 23.1 Å². The maximum atomic E-state index is 12.8. The van der Waals surface area contributed by atoms with Gasteiger partial charge in [-0.2, -0.15) is 9.97 Å². The highest BCUT2D eigenvalue weighted by Gasteiger charge is 2.35. The minimum absolute atomic E-state index is 0.0489. The molecule has 1 amide bonds. The lowest BCUT2D eigenvalue weighted by Gasteiger charge is -2.31. The Balaban J connectivity index is 1.51. The largest absolute Gasteiger partial charge is 0.476 e. The van der Waals surface area contributed by atoms with E-state index in [9.17, 15) is 9.59 Å². The Kier molecular flexibility index (Phi) is 5.07. The highest BCUT2D eigenvalue weighted by atomic mass is 35.5. The molecule has 0 saturated heterocycles. The number of anilines is 4. The molecule has 4 aromatic rings. The number of nitrogen functional groups attached to an aromatic ring is 1. The molecule has 0 saturated carbocycles. The van der Waals surface area contributed by atoms with Crippen molar-refractivity contribution >= 4 is 63.3 Å². The maximum Gasteiger partial charge on any atom is 0.355 e. The summed E-state index contributed by atoms with van der Waals surface area (Å²) >= 11 is 12.5. The fourth-order valence-electron chi connectivity index (χ4n) is 3.50. The molecule has 0 atom stereocenters. The normalized spacial score (nSPS) is 14.3. The molecule has 172 valence electrons. The van der Waals surface area contributed by atoms with Gasteiger partial charge in [0.25, 0.3) is 5.91 Å². The molecule has 1 aliphatic heterocycles. The number of amides is 1. The van der Waals surface area contributed by atoms with Gasteiger partial charge in [-0.05, 0) is 44.2 Å². The molecule has 2 aromatic heterocycles.